The predicted octanol–water partition coefficient (Wildman–Crippen LogP) is 4.98. The van der Waals surface area contributed by atoms with Crippen LogP contribution in [0.2, 0.25) is 0 Å². The summed E-state index contributed by atoms with van der Waals surface area (Å²) in [5.41, 5.74) is 5.13. The summed E-state index contributed by atoms with van der Waals surface area (Å²) < 4.78 is 5.02. The first-order valence-electron chi connectivity index (χ1n) is 11.8. The summed E-state index contributed by atoms with van der Waals surface area (Å²) in [4.78, 5) is 26.0. The Morgan fingerprint density at radius 1 is 1.26 bits per heavy atom. The van der Waals surface area contributed by atoms with E-state index in [1.807, 2.05) is 0 Å². The van der Waals surface area contributed by atoms with Gasteiger partial charge >= 0.3 is 6.01 Å². The van der Waals surface area contributed by atoms with Gasteiger partial charge in [-0.2, -0.15) is 0 Å². The molecule has 2 aromatic heterocycles. The Bertz CT molecular complexity index is 893. The molecule has 1 atom stereocenters. The van der Waals surface area contributed by atoms with Gasteiger partial charge in [-0.1, -0.05) is 13.0 Å². The maximum Gasteiger partial charge on any atom is 0.316 e. The molecule has 0 radical (unpaired) electrons. The molecule has 6 heteroatoms. The Morgan fingerprint density at radius 2 is 2.06 bits per heavy atom. The Kier molecular flexibility index (Phi) is 7.15. The third-order valence-corrected chi connectivity index (χ3v) is 6.53. The Labute approximate surface area is 185 Å². The van der Waals surface area contributed by atoms with E-state index in [4.69, 9.17) is 9.72 Å². The van der Waals surface area contributed by atoms with Gasteiger partial charge in [0.1, 0.15) is 11.6 Å². The summed E-state index contributed by atoms with van der Waals surface area (Å²) in [5, 5.41) is 3.47. The summed E-state index contributed by atoms with van der Waals surface area (Å²) in [5.74, 6) is 2.31. The lowest BCUT2D eigenvalue weighted by atomic mass is 9.91. The van der Waals surface area contributed by atoms with Crippen LogP contribution in [0.3, 0.4) is 0 Å². The largest absolute Gasteiger partial charge is 0.467 e. The van der Waals surface area contributed by atoms with Crippen molar-refractivity contribution in [3.8, 4) is 6.01 Å². The molecule has 0 saturated heterocycles. The van der Waals surface area contributed by atoms with Crippen molar-refractivity contribution in [2.75, 3.05) is 19.0 Å². The second kappa shape index (κ2) is 10.2. The number of rotatable bonds is 11. The fraction of sp³-hybridized carbons (Fsp3) is 0.600. The van der Waals surface area contributed by atoms with E-state index in [1.54, 1.807) is 19.5 Å². The monoisotopic (exact) mass is 422 g/mol. The van der Waals surface area contributed by atoms with E-state index in [0.717, 1.165) is 50.0 Å². The van der Waals surface area contributed by atoms with Crippen molar-refractivity contribution >= 4 is 11.6 Å². The topological polar surface area (TPSA) is 77.0 Å². The molecular formula is C25H34N4O2. The highest BCUT2D eigenvalue weighted by Gasteiger charge is 2.28. The number of ketones is 1. The molecular weight excluding hydrogens is 388 g/mol. The highest BCUT2D eigenvalue weighted by molar-refractivity contribution is 5.79. The van der Waals surface area contributed by atoms with Crippen molar-refractivity contribution < 1.29 is 9.53 Å². The number of aromatic nitrogens is 3. The zero-order chi connectivity index (χ0) is 21.6. The van der Waals surface area contributed by atoms with Crippen LogP contribution in [0.15, 0.2) is 18.5 Å². The minimum atomic E-state index is 0.174. The predicted molar refractivity (Wildman–Crippen MR) is 122 cm³/mol. The number of unbranched alkanes of at least 4 members (excludes halogenated alkanes) is 1. The first-order chi connectivity index (χ1) is 15.2. The molecule has 1 unspecified atom stereocenters. The molecule has 0 bridgehead atoms. The van der Waals surface area contributed by atoms with Crippen LogP contribution < -0.4 is 10.1 Å². The van der Waals surface area contributed by atoms with E-state index >= 15 is 0 Å². The second-order valence-corrected chi connectivity index (χ2v) is 8.89. The van der Waals surface area contributed by atoms with E-state index in [1.165, 1.54) is 36.1 Å². The van der Waals surface area contributed by atoms with Gasteiger partial charge in [0.2, 0.25) is 0 Å². The van der Waals surface area contributed by atoms with Gasteiger partial charge in [0, 0.05) is 37.5 Å². The molecule has 2 aliphatic rings. The highest BCUT2D eigenvalue weighted by Crippen LogP contribution is 2.43. The van der Waals surface area contributed by atoms with Gasteiger partial charge in [-0.3, -0.25) is 4.79 Å². The number of aryl methyl sites for hydroxylation is 2. The number of ether oxygens (including phenoxy) is 1. The van der Waals surface area contributed by atoms with Crippen LogP contribution >= 0.6 is 0 Å². The van der Waals surface area contributed by atoms with Gasteiger partial charge in [0.25, 0.3) is 0 Å². The van der Waals surface area contributed by atoms with Gasteiger partial charge in [0.05, 0.1) is 7.11 Å². The van der Waals surface area contributed by atoms with Gasteiger partial charge in [-0.15, -0.1) is 0 Å². The van der Waals surface area contributed by atoms with Crippen molar-refractivity contribution in [2.45, 2.75) is 83.0 Å². The van der Waals surface area contributed by atoms with Crippen LogP contribution in [0.4, 0.5) is 5.82 Å². The van der Waals surface area contributed by atoms with Crippen molar-refractivity contribution in [3.05, 3.63) is 40.8 Å². The van der Waals surface area contributed by atoms with Crippen LogP contribution in [0.5, 0.6) is 6.01 Å². The van der Waals surface area contributed by atoms with E-state index in [2.05, 4.69) is 28.3 Å². The van der Waals surface area contributed by atoms with Crippen molar-refractivity contribution in [1.29, 1.82) is 0 Å². The van der Waals surface area contributed by atoms with E-state index in [9.17, 15) is 4.79 Å². The highest BCUT2D eigenvalue weighted by atomic mass is 16.5. The maximum absolute atomic E-state index is 12.6. The van der Waals surface area contributed by atoms with E-state index in [-0.39, 0.29) is 5.92 Å². The van der Waals surface area contributed by atoms with Crippen LogP contribution in [0.1, 0.15) is 92.5 Å². The molecule has 1 fully saturated rings. The molecule has 3 heterocycles. The number of hydrogen-bond donors (Lipinski definition) is 1. The lowest BCUT2D eigenvalue weighted by Gasteiger charge is -2.20. The Morgan fingerprint density at radius 3 is 2.77 bits per heavy atom. The molecule has 166 valence electrons. The van der Waals surface area contributed by atoms with Crippen LogP contribution in [0.25, 0.3) is 0 Å². The van der Waals surface area contributed by atoms with Crippen molar-refractivity contribution in [1.82, 2.24) is 15.0 Å². The second-order valence-electron chi connectivity index (χ2n) is 8.89. The van der Waals surface area contributed by atoms with E-state index < -0.39 is 0 Å². The number of pyridine rings is 1. The molecule has 4 rings (SSSR count). The van der Waals surface area contributed by atoms with Gasteiger partial charge < -0.3 is 10.1 Å². The Balaban J connectivity index is 1.28. The summed E-state index contributed by atoms with van der Waals surface area (Å²) >= 11 is 0. The lowest BCUT2D eigenvalue weighted by Crippen LogP contribution is -2.15. The smallest absolute Gasteiger partial charge is 0.316 e. The Hall–Kier alpha value is -2.50. The number of hydrogen-bond acceptors (Lipinski definition) is 6. The zero-order valence-electron chi connectivity index (χ0n) is 18.8. The molecule has 0 spiro atoms. The maximum atomic E-state index is 12.6. The van der Waals surface area contributed by atoms with Crippen LogP contribution in [-0.4, -0.2) is 34.4 Å². The molecule has 1 aliphatic carbocycles. The first kappa shape index (κ1) is 21.7. The van der Waals surface area contributed by atoms with E-state index in [0.29, 0.717) is 30.6 Å². The number of carbonyl (C=O) groups excluding carboxylic acids is 1. The molecule has 31 heavy (non-hydrogen) atoms. The number of methoxy groups -OCH3 is 1. The fourth-order valence-corrected chi connectivity index (χ4v) is 4.52. The SMILES string of the molecule is CCC(CC(=O)CCCCc1nc2c(cc1C1CC1)CCCN2)c1cnc(OC)nc1. The fourth-order valence-electron chi connectivity index (χ4n) is 4.52. The molecule has 2 aromatic rings. The molecule has 1 aliphatic heterocycles. The average molecular weight is 423 g/mol. The summed E-state index contributed by atoms with van der Waals surface area (Å²) in [7, 11) is 1.56. The van der Waals surface area contributed by atoms with Gasteiger partial charge in [-0.25, -0.2) is 15.0 Å². The van der Waals surface area contributed by atoms with Gasteiger partial charge in [-0.05, 0) is 79.9 Å². The number of fused-ring (bicyclic) bond motifs is 1. The third kappa shape index (κ3) is 5.60. The average Bonchev–Trinajstić information content (AvgIpc) is 3.65. The normalized spacial score (nSPS) is 16.3. The first-order valence-corrected chi connectivity index (χ1v) is 11.8. The molecule has 1 N–H and O–H groups in total. The molecule has 0 amide bonds. The van der Waals surface area contributed by atoms with Crippen molar-refractivity contribution in [3.63, 3.8) is 0 Å². The summed E-state index contributed by atoms with van der Waals surface area (Å²) in [6, 6.07) is 2.77. The molecule has 0 aromatic carbocycles. The minimum Gasteiger partial charge on any atom is -0.467 e. The number of Topliss-reactive ketones (excluding diaryl/α,β-unsaturated/α-hetero) is 1. The number of anilines is 1. The quantitative estimate of drug-likeness (QED) is 0.515. The van der Waals surface area contributed by atoms with Crippen LogP contribution in [0, 0.1) is 0 Å². The molecule has 1 saturated carbocycles. The lowest BCUT2D eigenvalue weighted by molar-refractivity contribution is -0.119. The number of carbonyl (C=O) groups is 1. The number of nitrogens with one attached hydrogen (secondary N) is 1. The zero-order valence-corrected chi connectivity index (χ0v) is 18.8. The number of nitrogens with zero attached hydrogens (tertiary/aromatic N) is 3. The van der Waals surface area contributed by atoms with Crippen molar-refractivity contribution in [2.24, 2.45) is 0 Å². The standard InChI is InChI=1S/C25H34N4O2/c1-3-17(20-15-27-25(31-2)28-16-20)13-21(30)8-4-5-9-23-22(18-10-11-18)14-19-7-6-12-26-24(19)29-23/h14-18H,3-13H2,1-2H3,(H,26,29). The van der Waals surface area contributed by atoms with Gasteiger partial charge in [0.15, 0.2) is 0 Å². The minimum absolute atomic E-state index is 0.174. The summed E-state index contributed by atoms with van der Waals surface area (Å²) in [6.07, 6.45) is 13.5. The summed E-state index contributed by atoms with van der Waals surface area (Å²) in [6.45, 7) is 3.13. The molecule has 6 nitrogen and oxygen atoms in total. The third-order valence-electron chi connectivity index (χ3n) is 6.53. The van der Waals surface area contributed by atoms with Crippen LogP contribution in [-0.2, 0) is 17.6 Å².